The molecule has 1 aromatic rings. The number of hydrogen-bond acceptors (Lipinski definition) is 3. The lowest BCUT2D eigenvalue weighted by molar-refractivity contribution is 0.130. The monoisotopic (exact) mass is 302 g/mol. The molecule has 0 atom stereocenters. The smallest absolute Gasteiger partial charge is 0.127 e. The molecule has 96 valence electrons. The quantitative estimate of drug-likeness (QED) is 0.544. The summed E-state index contributed by atoms with van der Waals surface area (Å²) in [7, 11) is 1.65. The van der Waals surface area contributed by atoms with E-state index in [0.29, 0.717) is 6.61 Å². The topological polar surface area (TPSA) is 27.7 Å². The van der Waals surface area contributed by atoms with E-state index in [4.69, 9.17) is 14.2 Å². The average molecular weight is 303 g/mol. The van der Waals surface area contributed by atoms with E-state index in [-0.39, 0.29) is 0 Å². The van der Waals surface area contributed by atoms with E-state index in [2.05, 4.69) is 15.9 Å². The summed E-state index contributed by atoms with van der Waals surface area (Å²) in [5.41, 5.74) is 1.13. The number of rotatable bonds is 8. The maximum atomic E-state index is 5.73. The minimum absolute atomic E-state index is 0.660. The molecule has 0 heterocycles. The van der Waals surface area contributed by atoms with E-state index in [1.54, 1.807) is 7.11 Å². The summed E-state index contributed by atoms with van der Waals surface area (Å²) in [6.07, 6.45) is 0.896. The predicted molar refractivity (Wildman–Crippen MR) is 72.2 cm³/mol. The van der Waals surface area contributed by atoms with Gasteiger partial charge in [-0.1, -0.05) is 22.0 Å². The summed E-state index contributed by atoms with van der Waals surface area (Å²) in [5, 5.41) is 0.776. The molecule has 0 saturated heterocycles. The summed E-state index contributed by atoms with van der Waals surface area (Å²) in [6.45, 7) is 4.15. The van der Waals surface area contributed by atoms with Gasteiger partial charge in [0.05, 0.1) is 13.7 Å². The summed E-state index contributed by atoms with van der Waals surface area (Å²) < 4.78 is 16.2. The standard InChI is InChI=1S/C13H19BrO3/c1-3-16-7-4-8-17-13-9-12(15-2)6-5-11(13)10-14/h5-6,9H,3-4,7-8,10H2,1-2H3. The number of alkyl halides is 1. The van der Waals surface area contributed by atoms with Crippen molar-refractivity contribution in [2.24, 2.45) is 0 Å². The molecule has 0 aliphatic carbocycles. The lowest BCUT2D eigenvalue weighted by Gasteiger charge is -2.11. The predicted octanol–water partition coefficient (Wildman–Crippen LogP) is 3.40. The first-order valence-electron chi connectivity index (χ1n) is 5.75. The first-order chi connectivity index (χ1) is 8.31. The molecule has 0 amide bonds. The molecular formula is C13H19BrO3. The Morgan fingerprint density at radius 2 is 2.06 bits per heavy atom. The molecule has 0 saturated carbocycles. The van der Waals surface area contributed by atoms with Crippen molar-refractivity contribution >= 4 is 15.9 Å². The van der Waals surface area contributed by atoms with Crippen molar-refractivity contribution < 1.29 is 14.2 Å². The van der Waals surface area contributed by atoms with Crippen molar-refractivity contribution in [2.45, 2.75) is 18.7 Å². The molecule has 0 N–H and O–H groups in total. The van der Waals surface area contributed by atoms with E-state index < -0.39 is 0 Å². The van der Waals surface area contributed by atoms with E-state index in [0.717, 1.165) is 42.0 Å². The zero-order chi connectivity index (χ0) is 12.5. The molecule has 0 bridgehead atoms. The lowest BCUT2D eigenvalue weighted by atomic mass is 10.2. The molecule has 0 aliphatic rings. The Labute approximate surface area is 111 Å². The van der Waals surface area contributed by atoms with Crippen LogP contribution in [0.2, 0.25) is 0 Å². The third kappa shape index (κ3) is 4.96. The number of ether oxygens (including phenoxy) is 3. The Hall–Kier alpha value is -0.740. The molecular weight excluding hydrogens is 284 g/mol. The highest BCUT2D eigenvalue weighted by Crippen LogP contribution is 2.26. The maximum absolute atomic E-state index is 5.73. The highest BCUT2D eigenvalue weighted by Gasteiger charge is 2.04. The van der Waals surface area contributed by atoms with Crippen molar-refractivity contribution in [2.75, 3.05) is 26.9 Å². The van der Waals surface area contributed by atoms with Gasteiger partial charge in [0.2, 0.25) is 0 Å². The van der Waals surface area contributed by atoms with Crippen molar-refractivity contribution in [3.63, 3.8) is 0 Å². The highest BCUT2D eigenvalue weighted by atomic mass is 79.9. The fraction of sp³-hybridized carbons (Fsp3) is 0.538. The Morgan fingerprint density at radius 1 is 1.24 bits per heavy atom. The fourth-order valence-electron chi connectivity index (χ4n) is 1.39. The summed E-state index contributed by atoms with van der Waals surface area (Å²) >= 11 is 3.44. The normalized spacial score (nSPS) is 10.3. The number of hydrogen-bond donors (Lipinski definition) is 0. The van der Waals surface area contributed by atoms with Crippen LogP contribution < -0.4 is 9.47 Å². The van der Waals surface area contributed by atoms with Crippen LogP contribution in [0.15, 0.2) is 18.2 Å². The summed E-state index contributed by atoms with van der Waals surface area (Å²) in [6, 6.07) is 5.85. The van der Waals surface area contributed by atoms with Crippen molar-refractivity contribution in [1.82, 2.24) is 0 Å². The third-order valence-corrected chi connectivity index (χ3v) is 2.92. The van der Waals surface area contributed by atoms with Crippen molar-refractivity contribution in [3.05, 3.63) is 23.8 Å². The molecule has 0 spiro atoms. The average Bonchev–Trinajstić information content (AvgIpc) is 2.38. The van der Waals surface area contributed by atoms with Crippen LogP contribution in [0.25, 0.3) is 0 Å². The van der Waals surface area contributed by atoms with Gasteiger partial charge in [-0.2, -0.15) is 0 Å². The van der Waals surface area contributed by atoms with Gasteiger partial charge in [0.1, 0.15) is 11.5 Å². The zero-order valence-electron chi connectivity index (χ0n) is 10.4. The van der Waals surface area contributed by atoms with Crippen LogP contribution >= 0.6 is 15.9 Å². The number of benzene rings is 1. The van der Waals surface area contributed by atoms with Gasteiger partial charge in [-0.15, -0.1) is 0 Å². The van der Waals surface area contributed by atoms with Gasteiger partial charge in [0, 0.05) is 36.6 Å². The molecule has 0 aliphatic heterocycles. The van der Waals surface area contributed by atoms with Crippen LogP contribution in [0.5, 0.6) is 11.5 Å². The largest absolute Gasteiger partial charge is 0.497 e. The first kappa shape index (κ1) is 14.3. The Kier molecular flexibility index (Phi) is 7.05. The van der Waals surface area contributed by atoms with E-state index >= 15 is 0 Å². The SMILES string of the molecule is CCOCCCOc1cc(OC)ccc1CBr. The minimum Gasteiger partial charge on any atom is -0.497 e. The highest BCUT2D eigenvalue weighted by molar-refractivity contribution is 9.08. The second-order valence-electron chi connectivity index (χ2n) is 3.51. The zero-order valence-corrected chi connectivity index (χ0v) is 12.0. The molecule has 0 aromatic heterocycles. The molecule has 1 aromatic carbocycles. The second-order valence-corrected chi connectivity index (χ2v) is 4.07. The first-order valence-corrected chi connectivity index (χ1v) is 6.87. The number of methoxy groups -OCH3 is 1. The molecule has 0 unspecified atom stereocenters. The van der Waals surface area contributed by atoms with Gasteiger partial charge in [0.15, 0.2) is 0 Å². The maximum Gasteiger partial charge on any atom is 0.127 e. The van der Waals surface area contributed by atoms with Crippen LogP contribution in [0, 0.1) is 0 Å². The molecule has 0 radical (unpaired) electrons. The van der Waals surface area contributed by atoms with Crippen molar-refractivity contribution in [3.8, 4) is 11.5 Å². The van der Waals surface area contributed by atoms with E-state index in [9.17, 15) is 0 Å². The molecule has 17 heavy (non-hydrogen) atoms. The fourth-order valence-corrected chi connectivity index (χ4v) is 1.86. The Morgan fingerprint density at radius 3 is 2.71 bits per heavy atom. The van der Waals surface area contributed by atoms with Gasteiger partial charge in [-0.3, -0.25) is 0 Å². The van der Waals surface area contributed by atoms with E-state index in [1.807, 2.05) is 25.1 Å². The van der Waals surface area contributed by atoms with Gasteiger partial charge < -0.3 is 14.2 Å². The number of halogens is 1. The van der Waals surface area contributed by atoms with Crippen LogP contribution in [0.3, 0.4) is 0 Å². The van der Waals surface area contributed by atoms with Crippen LogP contribution in [-0.2, 0) is 10.1 Å². The lowest BCUT2D eigenvalue weighted by Crippen LogP contribution is -2.04. The van der Waals surface area contributed by atoms with E-state index in [1.165, 1.54) is 0 Å². The molecule has 3 nitrogen and oxygen atoms in total. The van der Waals surface area contributed by atoms with Crippen LogP contribution in [-0.4, -0.2) is 26.9 Å². The third-order valence-electron chi connectivity index (χ3n) is 2.31. The Balaban J connectivity index is 2.49. The van der Waals surface area contributed by atoms with Crippen molar-refractivity contribution in [1.29, 1.82) is 0 Å². The van der Waals surface area contributed by atoms with Crippen LogP contribution in [0.4, 0.5) is 0 Å². The molecule has 0 fully saturated rings. The Bertz CT molecular complexity index is 328. The second kappa shape index (κ2) is 8.37. The molecule has 1 rings (SSSR count). The summed E-state index contributed by atoms with van der Waals surface area (Å²) in [5.74, 6) is 1.69. The summed E-state index contributed by atoms with van der Waals surface area (Å²) in [4.78, 5) is 0. The molecule has 4 heteroatoms. The minimum atomic E-state index is 0.660. The van der Waals surface area contributed by atoms with Gasteiger partial charge in [0.25, 0.3) is 0 Å². The van der Waals surface area contributed by atoms with Gasteiger partial charge in [-0.25, -0.2) is 0 Å². The van der Waals surface area contributed by atoms with Gasteiger partial charge in [-0.05, 0) is 13.0 Å². The van der Waals surface area contributed by atoms with Crippen LogP contribution in [0.1, 0.15) is 18.9 Å². The van der Waals surface area contributed by atoms with Gasteiger partial charge >= 0.3 is 0 Å².